The summed E-state index contributed by atoms with van der Waals surface area (Å²) in [6.45, 7) is 3.33. The first kappa shape index (κ1) is 22.3. The van der Waals surface area contributed by atoms with Crippen molar-refractivity contribution < 1.29 is 19.1 Å². The quantitative estimate of drug-likeness (QED) is 0.552. The molecule has 5 heterocycles. The number of aryl methyl sites for hydroxylation is 1. The predicted molar refractivity (Wildman–Crippen MR) is 118 cm³/mol. The number of hydrogen-bond acceptors (Lipinski definition) is 8. The fourth-order valence-corrected chi connectivity index (χ4v) is 4.12. The smallest absolute Gasteiger partial charge is 0.274 e. The van der Waals surface area contributed by atoms with E-state index in [1.165, 1.54) is 10.9 Å². The van der Waals surface area contributed by atoms with Crippen molar-refractivity contribution in [2.24, 2.45) is 0 Å². The number of halogens is 1. The summed E-state index contributed by atoms with van der Waals surface area (Å²) >= 11 is 6.06. The molecule has 2 bridgehead atoms. The number of carbonyl (C=O) groups excluding carboxylic acids is 2. The third-order valence-electron chi connectivity index (χ3n) is 5.71. The second-order valence-corrected chi connectivity index (χ2v) is 8.57. The van der Waals surface area contributed by atoms with Gasteiger partial charge >= 0.3 is 0 Å². The van der Waals surface area contributed by atoms with Crippen LogP contribution >= 0.6 is 11.6 Å². The molecule has 3 aromatic heterocycles. The van der Waals surface area contributed by atoms with Gasteiger partial charge < -0.3 is 19.7 Å². The number of carbonyl (C=O) groups is 2. The minimum absolute atomic E-state index is 0.0352. The van der Waals surface area contributed by atoms with Crippen molar-refractivity contribution in [3.8, 4) is 5.75 Å². The molecule has 0 unspecified atom stereocenters. The first-order valence-corrected chi connectivity index (χ1v) is 11.2. The molecular formula is C21H23ClN8O4. The molecule has 0 spiro atoms. The molecule has 0 aromatic carbocycles. The number of ether oxygens (including phenoxy) is 2. The van der Waals surface area contributed by atoms with E-state index in [0.717, 1.165) is 0 Å². The molecule has 12 nitrogen and oxygen atoms in total. The van der Waals surface area contributed by atoms with Gasteiger partial charge in [0.15, 0.2) is 11.4 Å². The number of amides is 2. The van der Waals surface area contributed by atoms with E-state index in [-0.39, 0.29) is 31.3 Å². The Hall–Kier alpha value is -3.51. The predicted octanol–water partition coefficient (Wildman–Crippen LogP) is 0.450. The fraction of sp³-hybridized carbons (Fsp3) is 0.429. The normalized spacial score (nSPS) is 20.6. The van der Waals surface area contributed by atoms with Crippen LogP contribution in [0.15, 0.2) is 30.7 Å². The van der Waals surface area contributed by atoms with Crippen LogP contribution in [-0.4, -0.2) is 78.3 Å². The van der Waals surface area contributed by atoms with Gasteiger partial charge in [0.2, 0.25) is 5.91 Å². The molecule has 2 aliphatic rings. The van der Waals surface area contributed by atoms with Gasteiger partial charge in [0, 0.05) is 25.5 Å². The monoisotopic (exact) mass is 486 g/mol. The number of likely N-dealkylation sites (tertiary alicyclic amines) is 1. The van der Waals surface area contributed by atoms with Gasteiger partial charge in [-0.3, -0.25) is 14.3 Å². The summed E-state index contributed by atoms with van der Waals surface area (Å²) in [5.74, 6) is -0.186. The molecule has 1 saturated heterocycles. The van der Waals surface area contributed by atoms with E-state index in [2.05, 4.69) is 25.7 Å². The lowest BCUT2D eigenvalue weighted by Crippen LogP contribution is -2.44. The highest BCUT2D eigenvalue weighted by molar-refractivity contribution is 6.31. The standard InChI is InChI=1S/C21H23ClN8O4/c1-13-15(22)8-30(26-13)11-19(31)28-9-16-18(10-28)34-12-14-7-29(27-25-14)5-6-33-17-3-2-4-23-20(17)21(32)24-16/h2-4,7-8,16,18H,5-6,9-12H2,1H3,(H,24,32)/t16-,18-/m0/s1. The Labute approximate surface area is 199 Å². The second-order valence-electron chi connectivity index (χ2n) is 8.16. The molecule has 178 valence electrons. The zero-order valence-corrected chi connectivity index (χ0v) is 19.2. The van der Waals surface area contributed by atoms with Crippen molar-refractivity contribution in [2.75, 3.05) is 19.7 Å². The Morgan fingerprint density at radius 3 is 3.03 bits per heavy atom. The fourth-order valence-electron chi connectivity index (χ4n) is 3.97. The highest BCUT2D eigenvalue weighted by atomic mass is 35.5. The summed E-state index contributed by atoms with van der Waals surface area (Å²) in [6, 6.07) is 2.94. The number of rotatable bonds is 2. The minimum atomic E-state index is -0.452. The van der Waals surface area contributed by atoms with E-state index in [9.17, 15) is 9.59 Å². The molecular weight excluding hydrogens is 464 g/mol. The van der Waals surface area contributed by atoms with E-state index >= 15 is 0 Å². The Balaban J connectivity index is 1.37. The average molecular weight is 487 g/mol. The molecule has 0 radical (unpaired) electrons. The molecule has 13 heteroatoms. The van der Waals surface area contributed by atoms with Crippen molar-refractivity contribution in [3.63, 3.8) is 0 Å². The zero-order valence-electron chi connectivity index (χ0n) is 18.4. The topological polar surface area (TPSA) is 129 Å². The van der Waals surface area contributed by atoms with Gasteiger partial charge in [-0.2, -0.15) is 5.10 Å². The van der Waals surface area contributed by atoms with Gasteiger partial charge in [-0.25, -0.2) is 9.67 Å². The van der Waals surface area contributed by atoms with Gasteiger partial charge in [0.25, 0.3) is 5.91 Å². The summed E-state index contributed by atoms with van der Waals surface area (Å²) in [4.78, 5) is 31.9. The molecule has 0 aliphatic carbocycles. The lowest BCUT2D eigenvalue weighted by atomic mass is 10.2. The molecule has 34 heavy (non-hydrogen) atoms. The van der Waals surface area contributed by atoms with Crippen molar-refractivity contribution in [1.82, 2.24) is 40.0 Å². The molecule has 1 N–H and O–H groups in total. The molecule has 3 aromatic rings. The first-order chi connectivity index (χ1) is 16.5. The molecule has 5 rings (SSSR count). The van der Waals surface area contributed by atoms with E-state index in [1.54, 1.807) is 41.0 Å². The van der Waals surface area contributed by atoms with Crippen LogP contribution in [0.1, 0.15) is 21.9 Å². The third kappa shape index (κ3) is 4.73. The Morgan fingerprint density at radius 2 is 2.21 bits per heavy atom. The number of nitrogens with one attached hydrogen (secondary N) is 1. The summed E-state index contributed by atoms with van der Waals surface area (Å²) in [7, 11) is 0. The van der Waals surface area contributed by atoms with E-state index in [0.29, 0.717) is 41.9 Å². The average Bonchev–Trinajstić information content (AvgIpc) is 3.51. The van der Waals surface area contributed by atoms with Crippen molar-refractivity contribution in [3.05, 3.63) is 52.8 Å². The number of fused-ring (bicyclic) bond motifs is 4. The van der Waals surface area contributed by atoms with E-state index < -0.39 is 18.1 Å². The van der Waals surface area contributed by atoms with Crippen molar-refractivity contribution in [2.45, 2.75) is 38.8 Å². The maximum absolute atomic E-state index is 13.1. The summed E-state index contributed by atoms with van der Waals surface area (Å²) in [5, 5.41) is 15.9. The second kappa shape index (κ2) is 9.39. The molecule has 2 aliphatic heterocycles. The largest absolute Gasteiger partial charge is 0.489 e. The molecule has 2 amide bonds. The number of nitrogens with zero attached hydrogens (tertiary/aromatic N) is 7. The SMILES string of the molecule is Cc1nn(CC(=O)N2C[C@@H]3NC(=O)c4ncccc4OCCn4cc(nn4)CO[C@H]3C2)cc1Cl. The number of aromatic nitrogens is 6. The van der Waals surface area contributed by atoms with Crippen LogP contribution in [0.2, 0.25) is 5.02 Å². The lowest BCUT2D eigenvalue weighted by molar-refractivity contribution is -0.131. The van der Waals surface area contributed by atoms with Crippen molar-refractivity contribution >= 4 is 23.4 Å². The van der Waals surface area contributed by atoms with Gasteiger partial charge in [-0.15, -0.1) is 5.10 Å². The first-order valence-electron chi connectivity index (χ1n) is 10.8. The Bertz CT molecular complexity index is 1190. The summed E-state index contributed by atoms with van der Waals surface area (Å²) in [6.07, 6.45) is 4.49. The maximum atomic E-state index is 13.1. The zero-order chi connectivity index (χ0) is 23.7. The van der Waals surface area contributed by atoms with Crippen LogP contribution in [0.3, 0.4) is 0 Å². The Kier molecular flexibility index (Phi) is 6.16. The lowest BCUT2D eigenvalue weighted by Gasteiger charge is -2.20. The number of pyridine rings is 1. The summed E-state index contributed by atoms with van der Waals surface area (Å²) in [5.41, 5.74) is 1.47. The van der Waals surface area contributed by atoms with E-state index in [4.69, 9.17) is 21.1 Å². The maximum Gasteiger partial charge on any atom is 0.274 e. The minimum Gasteiger partial charge on any atom is -0.489 e. The van der Waals surface area contributed by atoms with Crippen LogP contribution in [-0.2, 0) is 29.2 Å². The highest BCUT2D eigenvalue weighted by Crippen LogP contribution is 2.20. The molecule has 1 fully saturated rings. The van der Waals surface area contributed by atoms with Crippen LogP contribution in [0, 0.1) is 6.92 Å². The van der Waals surface area contributed by atoms with Crippen LogP contribution in [0.5, 0.6) is 5.75 Å². The third-order valence-corrected chi connectivity index (χ3v) is 6.09. The van der Waals surface area contributed by atoms with Crippen LogP contribution in [0.4, 0.5) is 0 Å². The Morgan fingerprint density at radius 1 is 1.32 bits per heavy atom. The highest BCUT2D eigenvalue weighted by Gasteiger charge is 2.38. The van der Waals surface area contributed by atoms with Crippen LogP contribution < -0.4 is 10.1 Å². The molecule has 0 saturated carbocycles. The van der Waals surface area contributed by atoms with Crippen LogP contribution in [0.25, 0.3) is 0 Å². The van der Waals surface area contributed by atoms with E-state index in [1.807, 2.05) is 0 Å². The van der Waals surface area contributed by atoms with Gasteiger partial charge in [-0.05, 0) is 19.1 Å². The summed E-state index contributed by atoms with van der Waals surface area (Å²) < 4.78 is 15.0. The van der Waals surface area contributed by atoms with Crippen molar-refractivity contribution in [1.29, 1.82) is 0 Å². The molecule has 2 atom stereocenters. The van der Waals surface area contributed by atoms with Gasteiger partial charge in [-0.1, -0.05) is 16.8 Å². The van der Waals surface area contributed by atoms with Gasteiger partial charge in [0.05, 0.1) is 42.2 Å². The number of hydrogen-bond donors (Lipinski definition) is 1. The van der Waals surface area contributed by atoms with Gasteiger partial charge in [0.1, 0.15) is 18.8 Å².